The van der Waals surface area contributed by atoms with Gasteiger partial charge in [-0.1, -0.05) is 42.5 Å². The van der Waals surface area contributed by atoms with Crippen LogP contribution in [0.4, 0.5) is 13.2 Å². The highest BCUT2D eigenvalue weighted by atomic mass is 19.4. The molecular formula is C23H17F3N2O4. The summed E-state index contributed by atoms with van der Waals surface area (Å²) in [5.41, 5.74) is -2.48. The van der Waals surface area contributed by atoms with Gasteiger partial charge in [0.1, 0.15) is 17.4 Å². The quantitative estimate of drug-likeness (QED) is 0.539. The Labute approximate surface area is 181 Å². The summed E-state index contributed by atoms with van der Waals surface area (Å²) >= 11 is 0. The van der Waals surface area contributed by atoms with Gasteiger partial charge in [0.05, 0.1) is 24.9 Å². The SMILES string of the molecule is COC(=O)COc1cccc(-c2cc(C(F)(F)F)c(C#N)c(=O)n2Cc2ccccc2)c1. The first-order valence-corrected chi connectivity index (χ1v) is 9.33. The summed E-state index contributed by atoms with van der Waals surface area (Å²) in [5, 5.41) is 9.28. The highest BCUT2D eigenvalue weighted by molar-refractivity contribution is 5.71. The molecule has 32 heavy (non-hydrogen) atoms. The summed E-state index contributed by atoms with van der Waals surface area (Å²) in [4.78, 5) is 24.3. The number of esters is 1. The number of halogens is 3. The molecule has 0 radical (unpaired) electrons. The molecule has 0 amide bonds. The highest BCUT2D eigenvalue weighted by Crippen LogP contribution is 2.34. The maximum atomic E-state index is 13.6. The monoisotopic (exact) mass is 442 g/mol. The molecule has 2 aromatic carbocycles. The van der Waals surface area contributed by atoms with Crippen LogP contribution in [0.2, 0.25) is 0 Å². The van der Waals surface area contributed by atoms with Gasteiger partial charge >= 0.3 is 12.1 Å². The molecule has 0 atom stereocenters. The van der Waals surface area contributed by atoms with Crippen molar-refractivity contribution in [3.8, 4) is 23.1 Å². The first kappa shape index (κ1) is 22.6. The van der Waals surface area contributed by atoms with Crippen LogP contribution < -0.4 is 10.3 Å². The lowest BCUT2D eigenvalue weighted by Crippen LogP contribution is -2.28. The van der Waals surface area contributed by atoms with Crippen LogP contribution >= 0.6 is 0 Å². The van der Waals surface area contributed by atoms with E-state index in [4.69, 9.17) is 4.74 Å². The molecule has 3 rings (SSSR count). The van der Waals surface area contributed by atoms with Gasteiger partial charge in [-0.25, -0.2) is 4.79 Å². The van der Waals surface area contributed by atoms with E-state index in [0.717, 1.165) is 10.6 Å². The molecule has 3 aromatic rings. The van der Waals surface area contributed by atoms with Crippen molar-refractivity contribution in [1.82, 2.24) is 4.57 Å². The fourth-order valence-corrected chi connectivity index (χ4v) is 3.09. The summed E-state index contributed by atoms with van der Waals surface area (Å²) in [5.74, 6) is -0.432. The molecule has 1 heterocycles. The molecule has 0 N–H and O–H groups in total. The van der Waals surface area contributed by atoms with E-state index in [9.17, 15) is 28.0 Å². The van der Waals surface area contributed by atoms with E-state index in [2.05, 4.69) is 4.74 Å². The number of ether oxygens (including phenoxy) is 2. The van der Waals surface area contributed by atoms with Crippen molar-refractivity contribution >= 4 is 5.97 Å². The average molecular weight is 442 g/mol. The van der Waals surface area contributed by atoms with Crippen LogP contribution in [0.15, 0.2) is 65.5 Å². The van der Waals surface area contributed by atoms with Crippen LogP contribution in [0.3, 0.4) is 0 Å². The van der Waals surface area contributed by atoms with Crippen LogP contribution in [0.5, 0.6) is 5.75 Å². The predicted octanol–water partition coefficient (Wildman–Crippen LogP) is 4.01. The van der Waals surface area contributed by atoms with E-state index in [1.54, 1.807) is 30.3 Å². The van der Waals surface area contributed by atoms with E-state index in [0.29, 0.717) is 5.56 Å². The van der Waals surface area contributed by atoms with Crippen molar-refractivity contribution in [1.29, 1.82) is 5.26 Å². The molecule has 0 spiro atoms. The molecule has 0 saturated carbocycles. The highest BCUT2D eigenvalue weighted by Gasteiger charge is 2.36. The minimum Gasteiger partial charge on any atom is -0.482 e. The third-order valence-electron chi connectivity index (χ3n) is 4.62. The van der Waals surface area contributed by atoms with Crippen LogP contribution in [0, 0.1) is 11.3 Å². The number of alkyl halides is 3. The third-order valence-corrected chi connectivity index (χ3v) is 4.62. The summed E-state index contributed by atoms with van der Waals surface area (Å²) in [6, 6.07) is 16.8. The van der Waals surface area contributed by atoms with Crippen LogP contribution in [-0.2, 0) is 22.3 Å². The van der Waals surface area contributed by atoms with E-state index in [1.165, 1.54) is 37.4 Å². The van der Waals surface area contributed by atoms with Gasteiger partial charge in [0.2, 0.25) is 0 Å². The number of carbonyl (C=O) groups excluding carboxylic acids is 1. The van der Waals surface area contributed by atoms with Gasteiger partial charge < -0.3 is 14.0 Å². The zero-order valence-electron chi connectivity index (χ0n) is 16.8. The standard InChI is InChI=1S/C23H17F3N2O4/c1-31-21(29)14-32-17-9-5-8-16(10-17)20-11-19(23(24,25)26)18(12-27)22(30)28(20)13-15-6-3-2-4-7-15/h2-11H,13-14H2,1H3. The second-order valence-corrected chi connectivity index (χ2v) is 6.70. The smallest absolute Gasteiger partial charge is 0.417 e. The summed E-state index contributed by atoms with van der Waals surface area (Å²) < 4.78 is 51.8. The Bertz CT molecular complexity index is 1230. The topological polar surface area (TPSA) is 81.3 Å². The number of nitriles is 1. The van der Waals surface area contributed by atoms with Crippen LogP contribution in [0.1, 0.15) is 16.7 Å². The summed E-state index contributed by atoms with van der Waals surface area (Å²) in [6.45, 7) is -0.437. The van der Waals surface area contributed by atoms with Crippen molar-refractivity contribution in [2.24, 2.45) is 0 Å². The Morgan fingerprint density at radius 3 is 2.44 bits per heavy atom. The van der Waals surface area contributed by atoms with Crippen molar-refractivity contribution in [3.63, 3.8) is 0 Å². The fraction of sp³-hybridized carbons (Fsp3) is 0.174. The van der Waals surface area contributed by atoms with Crippen molar-refractivity contribution in [2.75, 3.05) is 13.7 Å². The van der Waals surface area contributed by atoms with Crippen LogP contribution in [0.25, 0.3) is 11.3 Å². The van der Waals surface area contributed by atoms with Gasteiger partial charge in [0.25, 0.3) is 5.56 Å². The van der Waals surface area contributed by atoms with Gasteiger partial charge in [0, 0.05) is 5.56 Å². The normalized spacial score (nSPS) is 11.0. The van der Waals surface area contributed by atoms with Gasteiger partial charge in [-0.2, -0.15) is 18.4 Å². The van der Waals surface area contributed by atoms with Crippen molar-refractivity contribution < 1.29 is 27.4 Å². The molecule has 9 heteroatoms. The number of carbonyl (C=O) groups is 1. The van der Waals surface area contributed by atoms with Gasteiger partial charge in [-0.15, -0.1) is 0 Å². The minimum atomic E-state index is -4.90. The minimum absolute atomic E-state index is 0.0466. The van der Waals surface area contributed by atoms with Crippen LogP contribution in [-0.4, -0.2) is 24.3 Å². The van der Waals surface area contributed by atoms with Crippen molar-refractivity contribution in [2.45, 2.75) is 12.7 Å². The lowest BCUT2D eigenvalue weighted by molar-refractivity contribution is -0.143. The molecule has 0 fully saturated rings. The maximum Gasteiger partial charge on any atom is 0.417 e. The number of pyridine rings is 1. The summed E-state index contributed by atoms with van der Waals surface area (Å²) in [6.07, 6.45) is -4.90. The van der Waals surface area contributed by atoms with E-state index in [-0.39, 0.29) is 23.6 Å². The molecule has 0 aliphatic rings. The van der Waals surface area contributed by atoms with E-state index < -0.39 is 35.4 Å². The molecule has 0 aliphatic carbocycles. The van der Waals surface area contributed by atoms with Gasteiger partial charge in [0.15, 0.2) is 6.61 Å². The van der Waals surface area contributed by atoms with Gasteiger partial charge in [-0.05, 0) is 23.8 Å². The number of aromatic nitrogens is 1. The Hall–Kier alpha value is -4.06. The lowest BCUT2D eigenvalue weighted by Gasteiger charge is -2.18. The number of rotatable bonds is 6. The average Bonchev–Trinajstić information content (AvgIpc) is 2.78. The largest absolute Gasteiger partial charge is 0.482 e. The Kier molecular flexibility index (Phi) is 6.64. The fourth-order valence-electron chi connectivity index (χ4n) is 3.09. The number of methoxy groups -OCH3 is 1. The zero-order chi connectivity index (χ0) is 23.3. The van der Waals surface area contributed by atoms with Gasteiger partial charge in [-0.3, -0.25) is 4.79 Å². The molecule has 164 valence electrons. The third kappa shape index (κ3) is 4.98. The number of nitrogens with zero attached hydrogens (tertiary/aromatic N) is 2. The second kappa shape index (κ2) is 9.39. The molecule has 0 bridgehead atoms. The Morgan fingerprint density at radius 2 is 1.81 bits per heavy atom. The summed E-state index contributed by atoms with van der Waals surface area (Å²) in [7, 11) is 1.19. The molecule has 0 aliphatic heterocycles. The number of hydrogen-bond donors (Lipinski definition) is 0. The van der Waals surface area contributed by atoms with Crippen molar-refractivity contribution in [3.05, 3.63) is 87.7 Å². The number of hydrogen-bond acceptors (Lipinski definition) is 5. The maximum absolute atomic E-state index is 13.6. The first-order chi connectivity index (χ1) is 15.2. The molecule has 6 nitrogen and oxygen atoms in total. The predicted molar refractivity (Wildman–Crippen MR) is 109 cm³/mol. The molecule has 1 aromatic heterocycles. The van der Waals surface area contributed by atoms with E-state index in [1.807, 2.05) is 0 Å². The zero-order valence-corrected chi connectivity index (χ0v) is 16.8. The number of benzene rings is 2. The lowest BCUT2D eigenvalue weighted by atomic mass is 10.0. The second-order valence-electron chi connectivity index (χ2n) is 6.70. The molecular weight excluding hydrogens is 425 g/mol. The molecule has 0 unspecified atom stereocenters. The first-order valence-electron chi connectivity index (χ1n) is 9.33. The van der Waals surface area contributed by atoms with E-state index >= 15 is 0 Å². The Balaban J connectivity index is 2.19. The molecule has 0 saturated heterocycles. The Morgan fingerprint density at radius 1 is 1.09 bits per heavy atom.